The van der Waals surface area contributed by atoms with E-state index in [-0.39, 0.29) is 30.7 Å². The fraction of sp³-hybridized carbons (Fsp3) is 0.381. The van der Waals surface area contributed by atoms with Crippen molar-refractivity contribution in [1.82, 2.24) is 5.32 Å². The summed E-state index contributed by atoms with van der Waals surface area (Å²) in [6, 6.07) is 8.70. The average molecular weight is 426 g/mol. The number of benzene rings is 2. The number of phenolic OH excluding ortho intramolecular Hbond substituents is 1. The second kappa shape index (κ2) is 10.0. The standard InChI is InChI=1S/C21H25Cl2NO4/c1-12(2)16-6-14(4-5-20(16)26)7-17-18(22)8-15(9-19(17)23)28-11-21(27)24-10-13(3)25/h4-6,8-9,12-13,25-26H,7,10-11H2,1-3H3,(H,24,27). The van der Waals surface area contributed by atoms with Gasteiger partial charge in [-0.3, -0.25) is 4.79 Å². The molecule has 3 N–H and O–H groups in total. The Kier molecular flexibility index (Phi) is 7.98. The van der Waals surface area contributed by atoms with Crippen LogP contribution in [0, 0.1) is 0 Å². The number of hydrogen-bond donors (Lipinski definition) is 3. The number of carbonyl (C=O) groups is 1. The van der Waals surface area contributed by atoms with Crippen LogP contribution in [0.15, 0.2) is 30.3 Å². The van der Waals surface area contributed by atoms with E-state index in [1.54, 1.807) is 25.1 Å². The van der Waals surface area contributed by atoms with Crippen molar-refractivity contribution >= 4 is 29.1 Å². The van der Waals surface area contributed by atoms with Crippen LogP contribution in [0.3, 0.4) is 0 Å². The number of amides is 1. The van der Waals surface area contributed by atoms with Crippen molar-refractivity contribution in [3.05, 3.63) is 57.1 Å². The summed E-state index contributed by atoms with van der Waals surface area (Å²) in [4.78, 5) is 11.7. The Morgan fingerprint density at radius 3 is 2.36 bits per heavy atom. The third-order valence-electron chi connectivity index (χ3n) is 4.17. The van der Waals surface area contributed by atoms with Gasteiger partial charge in [0.25, 0.3) is 5.91 Å². The Morgan fingerprint density at radius 2 is 1.79 bits per heavy atom. The fourth-order valence-corrected chi connectivity index (χ4v) is 3.27. The van der Waals surface area contributed by atoms with E-state index in [4.69, 9.17) is 33.0 Å². The first-order valence-electron chi connectivity index (χ1n) is 9.04. The van der Waals surface area contributed by atoms with Gasteiger partial charge in [0.15, 0.2) is 6.61 Å². The lowest BCUT2D eigenvalue weighted by Crippen LogP contribution is -2.34. The number of nitrogens with one attached hydrogen (secondary N) is 1. The van der Waals surface area contributed by atoms with E-state index in [9.17, 15) is 9.90 Å². The van der Waals surface area contributed by atoms with Gasteiger partial charge in [-0.15, -0.1) is 0 Å². The average Bonchev–Trinajstić information content (AvgIpc) is 2.62. The Balaban J connectivity index is 2.10. The summed E-state index contributed by atoms with van der Waals surface area (Å²) in [5.41, 5.74) is 2.60. The summed E-state index contributed by atoms with van der Waals surface area (Å²) < 4.78 is 5.44. The second-order valence-electron chi connectivity index (χ2n) is 7.03. The molecule has 2 rings (SSSR count). The van der Waals surface area contributed by atoms with Crippen molar-refractivity contribution in [2.45, 2.75) is 39.2 Å². The molecule has 0 spiro atoms. The van der Waals surface area contributed by atoms with E-state index >= 15 is 0 Å². The summed E-state index contributed by atoms with van der Waals surface area (Å²) in [5, 5.41) is 22.6. The number of ether oxygens (including phenoxy) is 1. The summed E-state index contributed by atoms with van der Waals surface area (Å²) >= 11 is 12.8. The first-order chi connectivity index (χ1) is 13.2. The van der Waals surface area contributed by atoms with Crippen LogP contribution in [0.5, 0.6) is 11.5 Å². The largest absolute Gasteiger partial charge is 0.508 e. The van der Waals surface area contributed by atoms with Gasteiger partial charge in [0.05, 0.1) is 6.10 Å². The number of carbonyl (C=O) groups excluding carboxylic acids is 1. The van der Waals surface area contributed by atoms with Gasteiger partial charge in [0.2, 0.25) is 0 Å². The zero-order valence-corrected chi connectivity index (χ0v) is 17.6. The number of aliphatic hydroxyl groups is 1. The van der Waals surface area contributed by atoms with Crippen molar-refractivity contribution in [2.24, 2.45) is 0 Å². The molecule has 28 heavy (non-hydrogen) atoms. The van der Waals surface area contributed by atoms with Gasteiger partial charge in [0, 0.05) is 23.0 Å². The fourth-order valence-electron chi connectivity index (χ4n) is 2.67. The van der Waals surface area contributed by atoms with E-state index in [2.05, 4.69) is 5.32 Å². The molecule has 0 aliphatic carbocycles. The van der Waals surface area contributed by atoms with Crippen molar-refractivity contribution in [3.8, 4) is 11.5 Å². The third kappa shape index (κ3) is 6.30. The minimum atomic E-state index is -0.622. The molecule has 152 valence electrons. The van der Waals surface area contributed by atoms with Crippen molar-refractivity contribution in [1.29, 1.82) is 0 Å². The minimum absolute atomic E-state index is 0.160. The molecule has 0 saturated carbocycles. The molecule has 0 heterocycles. The van der Waals surface area contributed by atoms with Crippen LogP contribution < -0.4 is 10.1 Å². The van der Waals surface area contributed by atoms with E-state index in [0.717, 1.165) is 16.7 Å². The predicted molar refractivity (Wildman–Crippen MR) is 112 cm³/mol. The van der Waals surface area contributed by atoms with Crippen LogP contribution in [0.25, 0.3) is 0 Å². The van der Waals surface area contributed by atoms with Gasteiger partial charge in [-0.2, -0.15) is 0 Å². The predicted octanol–water partition coefficient (Wildman–Crippen LogP) is 4.29. The first kappa shape index (κ1) is 22.3. The van der Waals surface area contributed by atoms with Crippen LogP contribution >= 0.6 is 23.2 Å². The van der Waals surface area contributed by atoms with Crippen LogP contribution in [0.1, 0.15) is 43.4 Å². The van der Waals surface area contributed by atoms with E-state index < -0.39 is 6.10 Å². The second-order valence-corrected chi connectivity index (χ2v) is 7.85. The molecule has 0 fully saturated rings. The molecule has 0 saturated heterocycles. The van der Waals surface area contributed by atoms with E-state index in [1.165, 1.54) is 0 Å². The van der Waals surface area contributed by atoms with E-state index in [1.807, 2.05) is 26.0 Å². The third-order valence-corrected chi connectivity index (χ3v) is 4.85. The summed E-state index contributed by atoms with van der Waals surface area (Å²) in [7, 11) is 0. The molecule has 5 nitrogen and oxygen atoms in total. The van der Waals surface area contributed by atoms with Gasteiger partial charge >= 0.3 is 0 Å². The Labute approximate surface area is 175 Å². The monoisotopic (exact) mass is 425 g/mol. The van der Waals surface area contributed by atoms with Gasteiger partial charge < -0.3 is 20.3 Å². The highest BCUT2D eigenvalue weighted by Crippen LogP contribution is 2.33. The maximum Gasteiger partial charge on any atom is 0.258 e. The van der Waals surface area contributed by atoms with E-state index in [0.29, 0.717) is 22.2 Å². The normalized spacial score (nSPS) is 12.1. The van der Waals surface area contributed by atoms with Crippen molar-refractivity contribution in [2.75, 3.05) is 13.2 Å². The van der Waals surface area contributed by atoms with Crippen molar-refractivity contribution in [3.63, 3.8) is 0 Å². The lowest BCUT2D eigenvalue weighted by molar-refractivity contribution is -0.123. The number of phenols is 1. The zero-order chi connectivity index (χ0) is 20.8. The molecule has 0 radical (unpaired) electrons. The van der Waals surface area contributed by atoms with Crippen LogP contribution in [0.2, 0.25) is 10.0 Å². The van der Waals surface area contributed by atoms with Crippen LogP contribution in [0.4, 0.5) is 0 Å². The number of aromatic hydroxyl groups is 1. The van der Waals surface area contributed by atoms with Crippen LogP contribution in [-0.2, 0) is 11.2 Å². The molecule has 0 bridgehead atoms. The molecule has 1 amide bonds. The maximum atomic E-state index is 11.7. The molecule has 0 aromatic heterocycles. The minimum Gasteiger partial charge on any atom is -0.508 e. The molecule has 0 aliphatic heterocycles. The van der Waals surface area contributed by atoms with Gasteiger partial charge in [-0.05, 0) is 47.7 Å². The SMILES string of the molecule is CC(O)CNC(=O)COc1cc(Cl)c(Cc2ccc(O)c(C(C)C)c2)c(Cl)c1. The highest BCUT2D eigenvalue weighted by atomic mass is 35.5. The molecule has 1 unspecified atom stereocenters. The molecule has 7 heteroatoms. The first-order valence-corrected chi connectivity index (χ1v) is 9.80. The Bertz CT molecular complexity index is 814. The molecule has 0 aliphatic rings. The maximum absolute atomic E-state index is 11.7. The van der Waals surface area contributed by atoms with Gasteiger partial charge in [-0.25, -0.2) is 0 Å². The summed E-state index contributed by atoms with van der Waals surface area (Å²) in [6.07, 6.45) is -0.115. The number of hydrogen-bond acceptors (Lipinski definition) is 4. The summed E-state index contributed by atoms with van der Waals surface area (Å²) in [6.45, 7) is 5.57. The molecule has 2 aromatic carbocycles. The Morgan fingerprint density at radius 1 is 1.14 bits per heavy atom. The molecular weight excluding hydrogens is 401 g/mol. The van der Waals surface area contributed by atoms with Gasteiger partial charge in [-0.1, -0.05) is 49.2 Å². The summed E-state index contributed by atoms with van der Waals surface area (Å²) in [5.74, 6) is 0.511. The highest BCUT2D eigenvalue weighted by Gasteiger charge is 2.13. The van der Waals surface area contributed by atoms with Crippen LogP contribution in [-0.4, -0.2) is 35.4 Å². The molecule has 2 aromatic rings. The van der Waals surface area contributed by atoms with Gasteiger partial charge in [0.1, 0.15) is 11.5 Å². The number of halogens is 2. The topological polar surface area (TPSA) is 78.8 Å². The van der Waals surface area contributed by atoms with Crippen molar-refractivity contribution < 1.29 is 19.7 Å². The lowest BCUT2D eigenvalue weighted by Gasteiger charge is -2.14. The Hall–Kier alpha value is -1.95. The smallest absolute Gasteiger partial charge is 0.258 e. The molecule has 1 atom stereocenters. The molecular formula is C21H25Cl2NO4. The zero-order valence-electron chi connectivity index (χ0n) is 16.1. The highest BCUT2D eigenvalue weighted by molar-refractivity contribution is 6.36. The quantitative estimate of drug-likeness (QED) is 0.589. The lowest BCUT2D eigenvalue weighted by atomic mass is 9.96. The number of rotatable bonds is 8. The number of aliphatic hydroxyl groups excluding tert-OH is 1.